The fourth-order valence-electron chi connectivity index (χ4n) is 2.24. The highest BCUT2D eigenvalue weighted by Crippen LogP contribution is 2.09. The summed E-state index contributed by atoms with van der Waals surface area (Å²) in [7, 11) is 1.97. The number of rotatable bonds is 11. The van der Waals surface area contributed by atoms with Gasteiger partial charge in [0, 0.05) is 26.2 Å². The molecule has 0 aliphatic rings. The molecule has 0 bridgehead atoms. The Balaban J connectivity index is 2.25. The zero-order valence-electron chi connectivity index (χ0n) is 13.4. The van der Waals surface area contributed by atoms with Crippen LogP contribution in [0.4, 0.5) is 5.69 Å². The Bertz CT molecular complexity index is 447. The van der Waals surface area contributed by atoms with Gasteiger partial charge in [-0.2, -0.15) is 17.7 Å². The third-order valence-corrected chi connectivity index (χ3v) is 4.11. The summed E-state index contributed by atoms with van der Waals surface area (Å²) in [5.74, 6) is 0.998. The van der Waals surface area contributed by atoms with Gasteiger partial charge in [0.05, 0.1) is 11.9 Å². The molecule has 0 aliphatic heterocycles. The summed E-state index contributed by atoms with van der Waals surface area (Å²) in [4.78, 5) is 14.0. The molecule has 0 amide bonds. The van der Waals surface area contributed by atoms with Crippen molar-refractivity contribution in [2.24, 2.45) is 0 Å². The fraction of sp³-hybridized carbons (Fsp3) is 0.750. The van der Waals surface area contributed by atoms with Crippen molar-refractivity contribution >= 4 is 18.3 Å². The lowest BCUT2D eigenvalue weighted by atomic mass is 10.1. The SMILES string of the molecule is CCN(C)c1cnn(CCCCCCCCCS)c(=O)c1. The van der Waals surface area contributed by atoms with Gasteiger partial charge >= 0.3 is 0 Å². The van der Waals surface area contributed by atoms with Crippen molar-refractivity contribution in [2.45, 2.75) is 58.4 Å². The van der Waals surface area contributed by atoms with Crippen molar-refractivity contribution in [3.8, 4) is 0 Å². The minimum atomic E-state index is 0.00146. The monoisotopic (exact) mass is 311 g/mol. The van der Waals surface area contributed by atoms with Crippen molar-refractivity contribution in [2.75, 3.05) is 24.2 Å². The largest absolute Gasteiger partial charge is 0.373 e. The van der Waals surface area contributed by atoms with E-state index in [4.69, 9.17) is 0 Å². The van der Waals surface area contributed by atoms with Gasteiger partial charge < -0.3 is 4.90 Å². The Morgan fingerprint density at radius 3 is 2.33 bits per heavy atom. The van der Waals surface area contributed by atoms with E-state index in [1.807, 2.05) is 11.9 Å². The van der Waals surface area contributed by atoms with Crippen LogP contribution in [0, 0.1) is 0 Å². The summed E-state index contributed by atoms with van der Waals surface area (Å²) in [6.45, 7) is 3.66. The van der Waals surface area contributed by atoms with E-state index < -0.39 is 0 Å². The average molecular weight is 311 g/mol. The van der Waals surface area contributed by atoms with Gasteiger partial charge in [-0.15, -0.1) is 0 Å². The summed E-state index contributed by atoms with van der Waals surface area (Å²) in [6.07, 6.45) is 10.3. The number of hydrogen-bond acceptors (Lipinski definition) is 4. The lowest BCUT2D eigenvalue weighted by Gasteiger charge is -2.16. The van der Waals surface area contributed by atoms with Gasteiger partial charge in [-0.05, 0) is 25.5 Å². The highest BCUT2D eigenvalue weighted by Gasteiger charge is 2.03. The Hall–Kier alpha value is -0.970. The predicted molar refractivity (Wildman–Crippen MR) is 93.6 cm³/mol. The second-order valence-corrected chi connectivity index (χ2v) is 5.94. The van der Waals surface area contributed by atoms with Crippen molar-refractivity contribution in [1.29, 1.82) is 0 Å². The first kappa shape index (κ1) is 18.1. The van der Waals surface area contributed by atoms with Crippen molar-refractivity contribution < 1.29 is 0 Å². The highest BCUT2D eigenvalue weighted by atomic mass is 32.1. The molecule has 0 aromatic carbocycles. The second kappa shape index (κ2) is 10.7. The highest BCUT2D eigenvalue weighted by molar-refractivity contribution is 7.80. The third-order valence-electron chi connectivity index (χ3n) is 3.80. The molecule has 0 saturated heterocycles. The van der Waals surface area contributed by atoms with E-state index in [1.54, 1.807) is 16.9 Å². The number of anilines is 1. The molecule has 1 aromatic heterocycles. The molecule has 0 spiro atoms. The molecule has 0 aliphatic carbocycles. The van der Waals surface area contributed by atoms with Gasteiger partial charge in [0.2, 0.25) is 0 Å². The molecule has 0 fully saturated rings. The van der Waals surface area contributed by atoms with Crippen LogP contribution in [0.1, 0.15) is 51.9 Å². The molecule has 0 saturated carbocycles. The van der Waals surface area contributed by atoms with Crippen LogP contribution in [0.3, 0.4) is 0 Å². The van der Waals surface area contributed by atoms with Crippen LogP contribution < -0.4 is 10.5 Å². The van der Waals surface area contributed by atoms with E-state index in [-0.39, 0.29) is 5.56 Å². The molecular weight excluding hydrogens is 282 g/mol. The molecule has 1 rings (SSSR count). The minimum absolute atomic E-state index is 0.00146. The molecule has 0 radical (unpaired) electrons. The van der Waals surface area contributed by atoms with Crippen molar-refractivity contribution in [3.05, 3.63) is 22.6 Å². The molecule has 5 heteroatoms. The van der Waals surface area contributed by atoms with Crippen LogP contribution >= 0.6 is 12.6 Å². The number of aryl methyl sites for hydroxylation is 1. The Kier molecular flexibility index (Phi) is 9.22. The second-order valence-electron chi connectivity index (χ2n) is 5.49. The van der Waals surface area contributed by atoms with E-state index in [2.05, 4.69) is 24.7 Å². The Morgan fingerprint density at radius 2 is 1.76 bits per heavy atom. The zero-order chi connectivity index (χ0) is 15.5. The molecule has 120 valence electrons. The number of thiol groups is 1. The van der Waals surface area contributed by atoms with Crippen LogP contribution in [-0.4, -0.2) is 29.1 Å². The average Bonchev–Trinajstić information content (AvgIpc) is 2.50. The van der Waals surface area contributed by atoms with E-state index in [9.17, 15) is 4.79 Å². The van der Waals surface area contributed by atoms with Crippen LogP contribution in [0.15, 0.2) is 17.1 Å². The summed E-state index contributed by atoms with van der Waals surface area (Å²) < 4.78 is 1.58. The smallest absolute Gasteiger partial charge is 0.268 e. The van der Waals surface area contributed by atoms with Crippen LogP contribution in [-0.2, 0) is 6.54 Å². The third kappa shape index (κ3) is 7.02. The first-order valence-corrected chi connectivity index (χ1v) is 8.71. The van der Waals surface area contributed by atoms with Gasteiger partial charge in [-0.3, -0.25) is 4.79 Å². The topological polar surface area (TPSA) is 38.1 Å². The normalized spacial score (nSPS) is 10.8. The lowest BCUT2D eigenvalue weighted by Crippen LogP contribution is -2.25. The fourth-order valence-corrected chi connectivity index (χ4v) is 2.46. The maximum absolute atomic E-state index is 12.0. The van der Waals surface area contributed by atoms with E-state index >= 15 is 0 Å². The summed E-state index contributed by atoms with van der Waals surface area (Å²) in [5, 5.41) is 4.26. The molecular formula is C16H29N3OS. The first-order chi connectivity index (χ1) is 10.2. The maximum atomic E-state index is 12.0. The van der Waals surface area contributed by atoms with Gasteiger partial charge in [-0.25, -0.2) is 4.68 Å². The van der Waals surface area contributed by atoms with Crippen LogP contribution in [0.25, 0.3) is 0 Å². The maximum Gasteiger partial charge on any atom is 0.268 e. The van der Waals surface area contributed by atoms with E-state index in [1.165, 1.54) is 38.5 Å². The number of aromatic nitrogens is 2. The van der Waals surface area contributed by atoms with Crippen molar-refractivity contribution in [3.63, 3.8) is 0 Å². The number of hydrogen-bond donors (Lipinski definition) is 1. The zero-order valence-corrected chi connectivity index (χ0v) is 14.3. The van der Waals surface area contributed by atoms with E-state index in [0.717, 1.165) is 31.0 Å². The number of nitrogens with zero attached hydrogens (tertiary/aromatic N) is 3. The van der Waals surface area contributed by atoms with Gasteiger partial charge in [0.25, 0.3) is 5.56 Å². The Labute approximate surface area is 134 Å². The van der Waals surface area contributed by atoms with Crippen LogP contribution in [0.2, 0.25) is 0 Å². The molecule has 0 unspecified atom stereocenters. The lowest BCUT2D eigenvalue weighted by molar-refractivity contribution is 0.506. The van der Waals surface area contributed by atoms with E-state index in [0.29, 0.717) is 0 Å². The molecule has 21 heavy (non-hydrogen) atoms. The summed E-state index contributed by atoms with van der Waals surface area (Å²) in [5.41, 5.74) is 0.893. The first-order valence-electron chi connectivity index (χ1n) is 8.08. The standard InChI is InChI=1S/C16H29N3OS/c1-3-18(2)15-13-16(20)19(17-14-15)11-9-7-5-4-6-8-10-12-21/h13-14,21H,3-12H2,1-2H3. The van der Waals surface area contributed by atoms with Crippen molar-refractivity contribution in [1.82, 2.24) is 9.78 Å². The molecule has 0 atom stereocenters. The number of unbranched alkanes of at least 4 members (excludes halogenated alkanes) is 6. The van der Waals surface area contributed by atoms with Gasteiger partial charge in [0.1, 0.15) is 0 Å². The minimum Gasteiger partial charge on any atom is -0.373 e. The molecule has 1 heterocycles. The molecule has 0 N–H and O–H groups in total. The van der Waals surface area contributed by atoms with Gasteiger partial charge in [-0.1, -0.05) is 32.1 Å². The van der Waals surface area contributed by atoms with Gasteiger partial charge in [0.15, 0.2) is 0 Å². The summed E-state index contributed by atoms with van der Waals surface area (Å²) >= 11 is 4.21. The summed E-state index contributed by atoms with van der Waals surface area (Å²) in [6, 6.07) is 1.67. The Morgan fingerprint density at radius 1 is 1.14 bits per heavy atom. The molecule has 4 nitrogen and oxygen atoms in total. The molecule has 1 aromatic rings. The quantitative estimate of drug-likeness (QED) is 0.503. The van der Waals surface area contributed by atoms with Crippen LogP contribution in [0.5, 0.6) is 0 Å². The predicted octanol–water partition coefficient (Wildman–Crippen LogP) is 3.36.